The average molecular weight is 424 g/mol. The van der Waals surface area contributed by atoms with Gasteiger partial charge in [0.2, 0.25) is 11.8 Å². The minimum absolute atomic E-state index is 0.146. The second-order valence-corrected chi connectivity index (χ2v) is 9.26. The SMILES string of the molecule is Cc1cc(C)cc([C@@H](C)OC[C@@]2(c3ccccc3)C[C@H](NC(=O)C(C)(C)N)C(=O)N2)c1. The quantitative estimate of drug-likeness (QED) is 0.638. The molecule has 1 heterocycles. The zero-order valence-corrected chi connectivity index (χ0v) is 19.0. The van der Waals surface area contributed by atoms with E-state index in [-0.39, 0.29) is 24.5 Å². The van der Waals surface area contributed by atoms with E-state index in [2.05, 4.69) is 42.7 Å². The van der Waals surface area contributed by atoms with Crippen LogP contribution in [0.5, 0.6) is 0 Å². The molecule has 1 fully saturated rings. The first kappa shape index (κ1) is 23.0. The second kappa shape index (κ2) is 8.81. The zero-order valence-electron chi connectivity index (χ0n) is 19.0. The minimum Gasteiger partial charge on any atom is -0.371 e. The highest BCUT2D eigenvalue weighted by Gasteiger charge is 2.47. The molecule has 6 nitrogen and oxygen atoms in total. The Balaban J connectivity index is 1.82. The first-order valence-electron chi connectivity index (χ1n) is 10.7. The molecule has 0 bridgehead atoms. The van der Waals surface area contributed by atoms with Gasteiger partial charge in [0.1, 0.15) is 6.04 Å². The van der Waals surface area contributed by atoms with E-state index in [0.29, 0.717) is 6.42 Å². The highest BCUT2D eigenvalue weighted by Crippen LogP contribution is 2.34. The van der Waals surface area contributed by atoms with Crippen molar-refractivity contribution in [3.05, 3.63) is 70.8 Å². The summed E-state index contributed by atoms with van der Waals surface area (Å²) < 4.78 is 6.30. The van der Waals surface area contributed by atoms with Crippen LogP contribution < -0.4 is 16.4 Å². The molecule has 3 rings (SSSR count). The molecule has 0 unspecified atom stereocenters. The fourth-order valence-corrected chi connectivity index (χ4v) is 4.01. The fourth-order valence-electron chi connectivity index (χ4n) is 4.01. The number of hydrogen-bond donors (Lipinski definition) is 3. The van der Waals surface area contributed by atoms with Crippen molar-refractivity contribution in [1.29, 1.82) is 0 Å². The lowest BCUT2D eigenvalue weighted by molar-refractivity contribution is -0.130. The van der Waals surface area contributed by atoms with Crippen LogP contribution in [0.4, 0.5) is 0 Å². The summed E-state index contributed by atoms with van der Waals surface area (Å²) in [4.78, 5) is 25.2. The Morgan fingerprint density at radius 3 is 2.42 bits per heavy atom. The molecule has 0 saturated carbocycles. The van der Waals surface area contributed by atoms with Crippen LogP contribution in [-0.2, 0) is 19.9 Å². The van der Waals surface area contributed by atoms with Gasteiger partial charge in [0.25, 0.3) is 0 Å². The topological polar surface area (TPSA) is 93.4 Å². The lowest BCUT2D eigenvalue weighted by Crippen LogP contribution is -2.53. The van der Waals surface area contributed by atoms with Crippen LogP contribution in [0.3, 0.4) is 0 Å². The van der Waals surface area contributed by atoms with Gasteiger partial charge in [0.15, 0.2) is 0 Å². The van der Waals surface area contributed by atoms with Crippen LogP contribution in [0.15, 0.2) is 48.5 Å². The zero-order chi connectivity index (χ0) is 22.8. The summed E-state index contributed by atoms with van der Waals surface area (Å²) in [6.07, 6.45) is 0.240. The third-order valence-electron chi connectivity index (χ3n) is 5.74. The van der Waals surface area contributed by atoms with Crippen LogP contribution in [0.25, 0.3) is 0 Å². The summed E-state index contributed by atoms with van der Waals surface area (Å²) in [6.45, 7) is 9.67. The summed E-state index contributed by atoms with van der Waals surface area (Å²) in [5.74, 6) is -0.592. The number of nitrogens with one attached hydrogen (secondary N) is 2. The van der Waals surface area contributed by atoms with Crippen molar-refractivity contribution in [1.82, 2.24) is 10.6 Å². The number of benzene rings is 2. The van der Waals surface area contributed by atoms with Gasteiger partial charge >= 0.3 is 0 Å². The number of amides is 2. The average Bonchev–Trinajstić information content (AvgIpc) is 3.02. The van der Waals surface area contributed by atoms with Crippen LogP contribution in [0.2, 0.25) is 0 Å². The number of carbonyl (C=O) groups excluding carboxylic acids is 2. The number of aryl methyl sites for hydroxylation is 2. The monoisotopic (exact) mass is 423 g/mol. The van der Waals surface area contributed by atoms with Crippen molar-refractivity contribution in [2.24, 2.45) is 5.73 Å². The van der Waals surface area contributed by atoms with Crippen molar-refractivity contribution in [3.8, 4) is 0 Å². The van der Waals surface area contributed by atoms with Gasteiger partial charge in [-0.2, -0.15) is 0 Å². The van der Waals surface area contributed by atoms with E-state index in [4.69, 9.17) is 10.5 Å². The van der Waals surface area contributed by atoms with Gasteiger partial charge in [-0.1, -0.05) is 59.7 Å². The molecule has 3 atom stereocenters. The summed E-state index contributed by atoms with van der Waals surface area (Å²) in [6, 6.07) is 15.4. The molecule has 1 aliphatic rings. The number of carbonyl (C=O) groups is 2. The van der Waals surface area contributed by atoms with Gasteiger partial charge in [-0.05, 0) is 45.7 Å². The molecule has 0 spiro atoms. The van der Waals surface area contributed by atoms with E-state index in [1.54, 1.807) is 13.8 Å². The van der Waals surface area contributed by atoms with Crippen LogP contribution >= 0.6 is 0 Å². The third-order valence-corrected chi connectivity index (χ3v) is 5.74. The smallest absolute Gasteiger partial charge is 0.243 e. The Morgan fingerprint density at radius 2 is 1.84 bits per heavy atom. The fraction of sp³-hybridized carbons (Fsp3) is 0.440. The molecule has 6 heteroatoms. The Hall–Kier alpha value is -2.70. The number of ether oxygens (including phenoxy) is 1. The molecule has 2 amide bonds. The van der Waals surface area contributed by atoms with Crippen molar-refractivity contribution in [3.63, 3.8) is 0 Å². The Morgan fingerprint density at radius 1 is 1.23 bits per heavy atom. The molecular weight excluding hydrogens is 390 g/mol. The summed E-state index contributed by atoms with van der Waals surface area (Å²) >= 11 is 0. The van der Waals surface area contributed by atoms with E-state index in [0.717, 1.165) is 11.1 Å². The first-order chi connectivity index (χ1) is 14.5. The minimum atomic E-state index is -1.06. The molecule has 1 saturated heterocycles. The summed E-state index contributed by atoms with van der Waals surface area (Å²) in [5, 5.41) is 5.90. The van der Waals surface area contributed by atoms with Crippen molar-refractivity contribution in [2.45, 2.75) is 64.3 Å². The Kier molecular flexibility index (Phi) is 6.53. The molecule has 0 radical (unpaired) electrons. The molecule has 31 heavy (non-hydrogen) atoms. The lowest BCUT2D eigenvalue weighted by Gasteiger charge is -2.31. The van der Waals surface area contributed by atoms with Gasteiger partial charge in [0, 0.05) is 6.42 Å². The van der Waals surface area contributed by atoms with Gasteiger partial charge in [-0.3, -0.25) is 9.59 Å². The van der Waals surface area contributed by atoms with Gasteiger partial charge < -0.3 is 21.1 Å². The molecular formula is C25H33N3O3. The molecule has 4 N–H and O–H groups in total. The largest absolute Gasteiger partial charge is 0.371 e. The van der Waals surface area contributed by atoms with E-state index >= 15 is 0 Å². The number of rotatable bonds is 7. The van der Waals surface area contributed by atoms with Crippen LogP contribution in [0, 0.1) is 13.8 Å². The van der Waals surface area contributed by atoms with E-state index in [9.17, 15) is 9.59 Å². The predicted molar refractivity (Wildman–Crippen MR) is 121 cm³/mol. The Labute approximate surface area is 184 Å². The molecule has 1 aliphatic heterocycles. The van der Waals surface area contributed by atoms with E-state index in [1.807, 2.05) is 37.3 Å². The second-order valence-electron chi connectivity index (χ2n) is 9.26. The van der Waals surface area contributed by atoms with Crippen LogP contribution in [-0.4, -0.2) is 30.0 Å². The molecule has 2 aromatic rings. The molecule has 166 valence electrons. The highest BCUT2D eigenvalue weighted by molar-refractivity contribution is 5.93. The maximum atomic E-state index is 12.8. The maximum absolute atomic E-state index is 12.8. The van der Waals surface area contributed by atoms with E-state index in [1.165, 1.54) is 11.1 Å². The van der Waals surface area contributed by atoms with Gasteiger partial charge in [0.05, 0.1) is 23.8 Å². The molecule has 0 aliphatic carbocycles. The maximum Gasteiger partial charge on any atom is 0.243 e. The normalized spacial score (nSPS) is 22.1. The first-order valence-corrected chi connectivity index (χ1v) is 10.7. The molecule has 0 aromatic heterocycles. The highest BCUT2D eigenvalue weighted by atomic mass is 16.5. The summed E-state index contributed by atoms with van der Waals surface area (Å²) in [5.41, 5.74) is 8.51. The van der Waals surface area contributed by atoms with Crippen molar-refractivity contribution in [2.75, 3.05) is 6.61 Å². The third kappa shape index (κ3) is 5.32. The number of nitrogens with two attached hydrogens (primary N) is 1. The summed E-state index contributed by atoms with van der Waals surface area (Å²) in [7, 11) is 0. The lowest BCUT2D eigenvalue weighted by atomic mass is 9.87. The Bertz CT molecular complexity index is 932. The number of hydrogen-bond acceptors (Lipinski definition) is 4. The standard InChI is InChI=1S/C25H33N3O3/c1-16-11-17(2)13-19(12-16)18(3)31-15-25(20-9-7-6-8-10-20)14-21(22(29)28-25)27-23(30)24(4,5)26/h6-13,18,21H,14-15,26H2,1-5H3,(H,27,30)(H,28,29)/t18-,21+,25-/m1/s1. The van der Waals surface area contributed by atoms with Crippen molar-refractivity contribution >= 4 is 11.8 Å². The van der Waals surface area contributed by atoms with E-state index < -0.39 is 17.1 Å². The van der Waals surface area contributed by atoms with Gasteiger partial charge in [-0.15, -0.1) is 0 Å². The van der Waals surface area contributed by atoms with Gasteiger partial charge in [-0.25, -0.2) is 0 Å². The van der Waals surface area contributed by atoms with Crippen molar-refractivity contribution < 1.29 is 14.3 Å². The molecule has 2 aromatic carbocycles. The van der Waals surface area contributed by atoms with Crippen LogP contribution in [0.1, 0.15) is 55.5 Å². The predicted octanol–water partition coefficient (Wildman–Crippen LogP) is 3.02.